The highest BCUT2D eigenvalue weighted by Crippen LogP contribution is 2.23. The second-order valence-corrected chi connectivity index (χ2v) is 9.24. The topological polar surface area (TPSA) is 52.6 Å². The molecule has 0 aliphatic carbocycles. The summed E-state index contributed by atoms with van der Waals surface area (Å²) >= 11 is 0. The van der Waals surface area contributed by atoms with Crippen LogP contribution in [0.4, 0.5) is 0 Å². The van der Waals surface area contributed by atoms with Crippen molar-refractivity contribution >= 4 is 10.1 Å². The fourth-order valence-electron chi connectivity index (χ4n) is 3.43. The predicted molar refractivity (Wildman–Crippen MR) is 111 cm³/mol. The first-order valence-corrected chi connectivity index (χ1v) is 12.7. The maximum Gasteiger partial charge on any atom is 0.264 e. The molecule has 26 heavy (non-hydrogen) atoms. The van der Waals surface area contributed by atoms with E-state index in [1.807, 2.05) is 0 Å². The Labute approximate surface area is 163 Å². The molecule has 0 heterocycles. The van der Waals surface area contributed by atoms with Crippen molar-refractivity contribution in [2.24, 2.45) is 5.92 Å². The van der Waals surface area contributed by atoms with E-state index in [-0.39, 0.29) is 12.7 Å². The van der Waals surface area contributed by atoms with Crippen molar-refractivity contribution in [1.82, 2.24) is 0 Å². The predicted octanol–water partition coefficient (Wildman–Crippen LogP) is 6.10. The van der Waals surface area contributed by atoms with Gasteiger partial charge in [-0.15, -0.1) is 0 Å². The Morgan fingerprint density at radius 3 is 1.92 bits per heavy atom. The summed E-state index contributed by atoms with van der Waals surface area (Å²) < 4.78 is 32.9. The van der Waals surface area contributed by atoms with Gasteiger partial charge in [-0.05, 0) is 25.2 Å². The van der Waals surface area contributed by atoms with E-state index in [1.54, 1.807) is 0 Å². The highest BCUT2D eigenvalue weighted by Gasteiger charge is 2.12. The number of hydrogen-bond acceptors (Lipinski definition) is 4. The van der Waals surface area contributed by atoms with Crippen LogP contribution in [0, 0.1) is 5.92 Å². The minimum absolute atomic E-state index is 0.118. The Balaban J connectivity index is 3.99. The average molecular weight is 393 g/mol. The maximum absolute atomic E-state index is 11.1. The first-order chi connectivity index (χ1) is 12.4. The normalized spacial score (nSPS) is 14.5. The summed E-state index contributed by atoms with van der Waals surface area (Å²) in [6.07, 6.45) is 17.0. The molecule has 0 N–H and O–H groups in total. The van der Waals surface area contributed by atoms with Gasteiger partial charge >= 0.3 is 0 Å². The van der Waals surface area contributed by atoms with Crippen LogP contribution in [0.15, 0.2) is 0 Å². The third kappa shape index (κ3) is 17.3. The monoisotopic (exact) mass is 392 g/mol. The van der Waals surface area contributed by atoms with Crippen LogP contribution in [-0.2, 0) is 19.0 Å². The molecule has 0 rings (SSSR count). The van der Waals surface area contributed by atoms with Gasteiger partial charge in [-0.3, -0.25) is 4.18 Å². The van der Waals surface area contributed by atoms with Crippen LogP contribution < -0.4 is 0 Å². The zero-order valence-corrected chi connectivity index (χ0v) is 18.6. The first-order valence-electron chi connectivity index (χ1n) is 10.9. The van der Waals surface area contributed by atoms with Crippen molar-refractivity contribution < 1.29 is 17.3 Å². The van der Waals surface area contributed by atoms with E-state index in [0.29, 0.717) is 6.42 Å². The molecule has 5 heteroatoms. The fraction of sp³-hybridized carbons (Fsp3) is 1.00. The summed E-state index contributed by atoms with van der Waals surface area (Å²) in [6.45, 7) is 7.62. The summed E-state index contributed by atoms with van der Waals surface area (Å²) in [6, 6.07) is 0. The molecule has 0 saturated heterocycles. The quantitative estimate of drug-likeness (QED) is 0.197. The molecule has 0 aromatic carbocycles. The lowest BCUT2D eigenvalue weighted by Gasteiger charge is -2.18. The van der Waals surface area contributed by atoms with Crippen LogP contribution >= 0.6 is 0 Å². The van der Waals surface area contributed by atoms with Crippen molar-refractivity contribution in [3.8, 4) is 0 Å². The second kappa shape index (κ2) is 17.0. The minimum atomic E-state index is -3.35. The van der Waals surface area contributed by atoms with Gasteiger partial charge in [-0.25, -0.2) is 0 Å². The van der Waals surface area contributed by atoms with E-state index in [0.717, 1.165) is 38.0 Å². The van der Waals surface area contributed by atoms with Crippen molar-refractivity contribution in [2.45, 2.75) is 110 Å². The Morgan fingerprint density at radius 1 is 0.692 bits per heavy atom. The van der Waals surface area contributed by atoms with Crippen molar-refractivity contribution in [3.63, 3.8) is 0 Å². The van der Waals surface area contributed by atoms with Crippen molar-refractivity contribution in [2.75, 3.05) is 19.5 Å². The van der Waals surface area contributed by atoms with Gasteiger partial charge in [0.25, 0.3) is 10.1 Å². The zero-order valence-electron chi connectivity index (χ0n) is 17.8. The van der Waals surface area contributed by atoms with E-state index in [4.69, 9.17) is 8.92 Å². The maximum atomic E-state index is 11.1. The van der Waals surface area contributed by atoms with Crippen LogP contribution in [-0.4, -0.2) is 34.0 Å². The SMILES string of the molecule is CCCCCC(CCC)CCCCCC(CCOS(C)(=O)=O)OCCC. The minimum Gasteiger partial charge on any atom is -0.378 e. The molecule has 0 aromatic heterocycles. The highest BCUT2D eigenvalue weighted by atomic mass is 32.2. The molecule has 158 valence electrons. The Morgan fingerprint density at radius 2 is 1.35 bits per heavy atom. The molecule has 2 atom stereocenters. The van der Waals surface area contributed by atoms with E-state index in [2.05, 4.69) is 20.8 Å². The Bertz CT molecular complexity index is 395. The molecule has 0 aliphatic heterocycles. The molecule has 0 saturated carbocycles. The van der Waals surface area contributed by atoms with Crippen LogP contribution in [0.3, 0.4) is 0 Å². The number of hydrogen-bond donors (Lipinski definition) is 0. The van der Waals surface area contributed by atoms with Gasteiger partial charge in [0.1, 0.15) is 0 Å². The molecule has 0 radical (unpaired) electrons. The molecular formula is C21H44O4S. The van der Waals surface area contributed by atoms with Crippen molar-refractivity contribution in [3.05, 3.63) is 0 Å². The van der Waals surface area contributed by atoms with E-state index < -0.39 is 10.1 Å². The number of unbranched alkanes of at least 4 members (excludes halogenated alkanes) is 4. The summed E-state index contributed by atoms with van der Waals surface area (Å²) in [5.74, 6) is 0.904. The van der Waals surface area contributed by atoms with Gasteiger partial charge in [-0.1, -0.05) is 85.0 Å². The largest absolute Gasteiger partial charge is 0.378 e. The summed E-state index contributed by atoms with van der Waals surface area (Å²) in [5.41, 5.74) is 0. The van der Waals surface area contributed by atoms with E-state index in [9.17, 15) is 8.42 Å². The van der Waals surface area contributed by atoms with E-state index in [1.165, 1.54) is 57.8 Å². The Hall–Kier alpha value is -0.130. The summed E-state index contributed by atoms with van der Waals surface area (Å²) in [4.78, 5) is 0. The third-order valence-corrected chi connectivity index (χ3v) is 5.44. The molecule has 0 bridgehead atoms. The molecule has 4 nitrogen and oxygen atoms in total. The van der Waals surface area contributed by atoms with Crippen LogP contribution in [0.1, 0.15) is 104 Å². The number of ether oxygens (including phenoxy) is 1. The average Bonchev–Trinajstić information content (AvgIpc) is 2.57. The summed E-state index contributed by atoms with van der Waals surface area (Å²) in [7, 11) is -3.35. The van der Waals surface area contributed by atoms with Gasteiger partial charge in [0.2, 0.25) is 0 Å². The third-order valence-electron chi connectivity index (χ3n) is 4.85. The molecule has 0 amide bonds. The van der Waals surface area contributed by atoms with Crippen LogP contribution in [0.5, 0.6) is 0 Å². The first kappa shape index (κ1) is 25.9. The molecule has 0 fully saturated rings. The van der Waals surface area contributed by atoms with Gasteiger partial charge < -0.3 is 4.74 Å². The molecule has 0 aromatic rings. The summed E-state index contributed by atoms with van der Waals surface area (Å²) in [5, 5.41) is 0. The van der Waals surface area contributed by atoms with Gasteiger partial charge in [-0.2, -0.15) is 8.42 Å². The molecule has 0 spiro atoms. The van der Waals surface area contributed by atoms with Gasteiger partial charge in [0, 0.05) is 6.61 Å². The highest BCUT2D eigenvalue weighted by molar-refractivity contribution is 7.85. The molecule has 2 unspecified atom stereocenters. The Kier molecular flexibility index (Phi) is 16.9. The van der Waals surface area contributed by atoms with Gasteiger partial charge in [0.15, 0.2) is 0 Å². The van der Waals surface area contributed by atoms with Crippen molar-refractivity contribution in [1.29, 1.82) is 0 Å². The van der Waals surface area contributed by atoms with E-state index >= 15 is 0 Å². The zero-order chi connectivity index (χ0) is 19.7. The smallest absolute Gasteiger partial charge is 0.264 e. The molecule has 0 aliphatic rings. The lowest BCUT2D eigenvalue weighted by atomic mass is 9.91. The second-order valence-electron chi connectivity index (χ2n) is 7.60. The molecular weight excluding hydrogens is 348 g/mol. The standard InChI is InChI=1S/C21H44O4S/c1-5-8-10-14-20(13-6-2)15-11-9-12-16-21(24-18-7-3)17-19-25-26(4,22)23/h20-21H,5-19H2,1-4H3. The van der Waals surface area contributed by atoms with Crippen LogP contribution in [0.2, 0.25) is 0 Å². The fourth-order valence-corrected chi connectivity index (χ4v) is 3.83. The lowest BCUT2D eigenvalue weighted by Crippen LogP contribution is -2.17. The number of rotatable bonds is 19. The lowest BCUT2D eigenvalue weighted by molar-refractivity contribution is 0.0320. The van der Waals surface area contributed by atoms with Crippen LogP contribution in [0.25, 0.3) is 0 Å². The van der Waals surface area contributed by atoms with Gasteiger partial charge in [0.05, 0.1) is 19.0 Å².